The van der Waals surface area contributed by atoms with Crippen LogP contribution in [0.25, 0.3) is 0 Å². The zero-order valence-electron chi connectivity index (χ0n) is 15.8. The number of allylic oxidation sites excluding steroid dienone is 1. The first kappa shape index (κ1) is 20.6. The third kappa shape index (κ3) is 4.57. The predicted molar refractivity (Wildman–Crippen MR) is 93.3 cm³/mol. The summed E-state index contributed by atoms with van der Waals surface area (Å²) >= 11 is 0. The van der Waals surface area contributed by atoms with E-state index in [4.69, 9.17) is 9.47 Å². The van der Waals surface area contributed by atoms with Gasteiger partial charge in [-0.2, -0.15) is 0 Å². The van der Waals surface area contributed by atoms with E-state index in [1.165, 1.54) is 6.92 Å². The molecule has 1 atom stereocenters. The van der Waals surface area contributed by atoms with Gasteiger partial charge in [0.05, 0.1) is 0 Å². The molecule has 24 heavy (non-hydrogen) atoms. The highest BCUT2D eigenvalue weighted by atomic mass is 16.7. The van der Waals surface area contributed by atoms with Crippen molar-refractivity contribution in [1.29, 1.82) is 0 Å². The Kier molecular flexibility index (Phi) is 6.59. The Balaban J connectivity index is 3.14. The Morgan fingerprint density at radius 1 is 1.21 bits per heavy atom. The van der Waals surface area contributed by atoms with E-state index < -0.39 is 16.9 Å². The Morgan fingerprint density at radius 2 is 1.75 bits per heavy atom. The summed E-state index contributed by atoms with van der Waals surface area (Å²) in [5, 5.41) is 5.95. The lowest BCUT2D eigenvalue weighted by Crippen LogP contribution is -2.69. The highest BCUT2D eigenvalue weighted by molar-refractivity contribution is 5.92. The lowest BCUT2D eigenvalue weighted by molar-refractivity contribution is -0.278. The maximum atomic E-state index is 13.1. The van der Waals surface area contributed by atoms with Crippen LogP contribution in [0.4, 0.5) is 0 Å². The van der Waals surface area contributed by atoms with Gasteiger partial charge >= 0.3 is 0 Å². The van der Waals surface area contributed by atoms with E-state index in [0.29, 0.717) is 25.7 Å². The molecule has 0 heterocycles. The van der Waals surface area contributed by atoms with E-state index in [2.05, 4.69) is 17.2 Å². The van der Waals surface area contributed by atoms with Gasteiger partial charge in [0.25, 0.3) is 0 Å². The SMILES string of the molecule is C=CCCC(NC(C)=O)(C(=O)NC(C)(C)C)C1CC(OC)(OC)C1. The minimum atomic E-state index is -0.992. The molecule has 2 amide bonds. The van der Waals surface area contributed by atoms with Gasteiger partial charge < -0.3 is 20.1 Å². The lowest BCUT2D eigenvalue weighted by atomic mass is 9.64. The van der Waals surface area contributed by atoms with Gasteiger partial charge in [-0.3, -0.25) is 9.59 Å². The Hall–Kier alpha value is -1.40. The molecule has 1 saturated carbocycles. The van der Waals surface area contributed by atoms with Gasteiger partial charge in [-0.1, -0.05) is 6.08 Å². The Bertz CT molecular complexity index is 472. The highest BCUT2D eigenvalue weighted by Crippen LogP contribution is 2.48. The molecule has 0 radical (unpaired) electrons. The number of amides is 2. The highest BCUT2D eigenvalue weighted by Gasteiger charge is 2.58. The van der Waals surface area contributed by atoms with Crippen molar-refractivity contribution in [2.45, 2.75) is 70.2 Å². The molecule has 0 bridgehead atoms. The molecule has 2 N–H and O–H groups in total. The van der Waals surface area contributed by atoms with Gasteiger partial charge in [0, 0.05) is 45.4 Å². The maximum Gasteiger partial charge on any atom is 0.246 e. The average Bonchev–Trinajstić information content (AvgIpc) is 2.41. The van der Waals surface area contributed by atoms with Crippen molar-refractivity contribution in [1.82, 2.24) is 10.6 Å². The molecule has 0 saturated heterocycles. The molecule has 1 fully saturated rings. The van der Waals surface area contributed by atoms with E-state index in [0.717, 1.165) is 0 Å². The number of hydrogen-bond donors (Lipinski definition) is 2. The van der Waals surface area contributed by atoms with E-state index in [-0.39, 0.29) is 17.7 Å². The molecule has 0 aromatic heterocycles. The van der Waals surface area contributed by atoms with E-state index >= 15 is 0 Å². The lowest BCUT2D eigenvalue weighted by Gasteiger charge is -2.53. The standard InChI is InChI=1S/C18H32N2O4/c1-8-9-10-18(19-13(2)21,15(22)20-16(3,4)5)14-11-17(12-14,23-6)24-7/h8,14H,1,9-12H2,2-7H3,(H,19,21)(H,20,22). The van der Waals surface area contributed by atoms with Crippen LogP contribution in [0.3, 0.4) is 0 Å². The summed E-state index contributed by atoms with van der Waals surface area (Å²) < 4.78 is 10.9. The van der Waals surface area contributed by atoms with E-state index in [9.17, 15) is 9.59 Å². The molecule has 0 aliphatic heterocycles. The van der Waals surface area contributed by atoms with Crippen LogP contribution in [-0.2, 0) is 19.1 Å². The van der Waals surface area contributed by atoms with Crippen molar-refractivity contribution in [3.05, 3.63) is 12.7 Å². The molecular weight excluding hydrogens is 308 g/mol. The summed E-state index contributed by atoms with van der Waals surface area (Å²) in [5.74, 6) is -1.14. The normalized spacial score (nSPS) is 19.8. The van der Waals surface area contributed by atoms with Crippen molar-refractivity contribution < 1.29 is 19.1 Å². The van der Waals surface area contributed by atoms with Crippen LogP contribution >= 0.6 is 0 Å². The summed E-state index contributed by atoms with van der Waals surface area (Å²) in [5.41, 5.74) is -1.38. The molecule has 1 aliphatic rings. The van der Waals surface area contributed by atoms with Crippen LogP contribution in [0.1, 0.15) is 53.4 Å². The van der Waals surface area contributed by atoms with Crippen molar-refractivity contribution in [2.75, 3.05) is 14.2 Å². The molecule has 0 spiro atoms. The zero-order chi connectivity index (χ0) is 18.6. The van der Waals surface area contributed by atoms with Crippen molar-refractivity contribution >= 4 is 11.8 Å². The fourth-order valence-corrected chi connectivity index (χ4v) is 3.28. The molecule has 0 aromatic carbocycles. The third-order valence-electron chi connectivity index (χ3n) is 4.59. The number of ether oxygens (including phenoxy) is 2. The van der Waals surface area contributed by atoms with Crippen molar-refractivity contribution in [3.63, 3.8) is 0 Å². The number of methoxy groups -OCH3 is 2. The van der Waals surface area contributed by atoms with Crippen LogP contribution in [0.15, 0.2) is 12.7 Å². The molecule has 138 valence electrons. The summed E-state index contributed by atoms with van der Waals surface area (Å²) in [4.78, 5) is 25.0. The second-order valence-corrected chi connectivity index (χ2v) is 7.61. The largest absolute Gasteiger partial charge is 0.353 e. The second-order valence-electron chi connectivity index (χ2n) is 7.61. The summed E-state index contributed by atoms with van der Waals surface area (Å²) in [6.45, 7) is 11.0. The van der Waals surface area contributed by atoms with Gasteiger partial charge in [0.1, 0.15) is 5.54 Å². The quantitative estimate of drug-likeness (QED) is 0.524. The first-order chi connectivity index (χ1) is 11.0. The van der Waals surface area contributed by atoms with Crippen LogP contribution < -0.4 is 10.6 Å². The second kappa shape index (κ2) is 7.66. The Labute approximate surface area is 145 Å². The fraction of sp³-hybridized carbons (Fsp3) is 0.778. The van der Waals surface area contributed by atoms with E-state index in [1.807, 2.05) is 20.8 Å². The maximum absolute atomic E-state index is 13.1. The summed E-state index contributed by atoms with van der Waals surface area (Å²) in [7, 11) is 3.19. The third-order valence-corrected chi connectivity index (χ3v) is 4.59. The van der Waals surface area contributed by atoms with Crippen LogP contribution in [0.5, 0.6) is 0 Å². The van der Waals surface area contributed by atoms with E-state index in [1.54, 1.807) is 20.3 Å². The predicted octanol–water partition coefficient (Wildman–Crippen LogP) is 2.14. The average molecular weight is 340 g/mol. The molecule has 6 nitrogen and oxygen atoms in total. The minimum Gasteiger partial charge on any atom is -0.353 e. The number of hydrogen-bond acceptors (Lipinski definition) is 4. The topological polar surface area (TPSA) is 76.7 Å². The number of nitrogens with one attached hydrogen (secondary N) is 2. The Morgan fingerprint density at radius 3 is 2.12 bits per heavy atom. The molecule has 6 heteroatoms. The first-order valence-corrected chi connectivity index (χ1v) is 8.37. The zero-order valence-corrected chi connectivity index (χ0v) is 15.8. The van der Waals surface area contributed by atoms with Gasteiger partial charge in [-0.15, -0.1) is 6.58 Å². The van der Waals surface area contributed by atoms with Gasteiger partial charge in [0.2, 0.25) is 11.8 Å². The molecule has 1 unspecified atom stereocenters. The van der Waals surface area contributed by atoms with Gasteiger partial charge in [-0.25, -0.2) is 0 Å². The minimum absolute atomic E-state index is 0.0661. The van der Waals surface area contributed by atoms with Crippen molar-refractivity contribution in [2.24, 2.45) is 5.92 Å². The first-order valence-electron chi connectivity index (χ1n) is 8.37. The van der Waals surface area contributed by atoms with Crippen LogP contribution in [0.2, 0.25) is 0 Å². The fourth-order valence-electron chi connectivity index (χ4n) is 3.28. The molecule has 1 aliphatic carbocycles. The van der Waals surface area contributed by atoms with Crippen LogP contribution in [0, 0.1) is 5.92 Å². The van der Waals surface area contributed by atoms with Crippen LogP contribution in [-0.4, -0.2) is 42.9 Å². The smallest absolute Gasteiger partial charge is 0.246 e. The van der Waals surface area contributed by atoms with Gasteiger partial charge in [0.15, 0.2) is 5.79 Å². The monoisotopic (exact) mass is 340 g/mol. The number of carbonyl (C=O) groups excluding carboxylic acids is 2. The summed E-state index contributed by atoms with van der Waals surface area (Å²) in [6.07, 6.45) is 3.98. The number of carbonyl (C=O) groups is 2. The summed E-state index contributed by atoms with van der Waals surface area (Å²) in [6, 6.07) is 0. The number of rotatable bonds is 8. The van der Waals surface area contributed by atoms with Gasteiger partial charge in [-0.05, 0) is 33.6 Å². The molecular formula is C18H32N2O4. The molecule has 0 aromatic rings. The van der Waals surface area contributed by atoms with Crippen molar-refractivity contribution in [3.8, 4) is 0 Å². The molecule has 1 rings (SSSR count).